The third-order valence-corrected chi connectivity index (χ3v) is 2.15. The summed E-state index contributed by atoms with van der Waals surface area (Å²) in [5.41, 5.74) is 0. The first-order valence-corrected chi connectivity index (χ1v) is 5.23. The van der Waals surface area contributed by atoms with Crippen LogP contribution in [-0.4, -0.2) is 44.8 Å². The highest BCUT2D eigenvalue weighted by Crippen LogP contribution is 2.16. The van der Waals surface area contributed by atoms with E-state index in [2.05, 4.69) is 5.32 Å². The molecule has 84 valence electrons. The van der Waals surface area contributed by atoms with Gasteiger partial charge in [0.05, 0.1) is 25.9 Å². The van der Waals surface area contributed by atoms with E-state index in [1.165, 1.54) is 0 Å². The summed E-state index contributed by atoms with van der Waals surface area (Å²) in [7, 11) is 0. The lowest BCUT2D eigenvalue weighted by atomic mass is 10.2. The Balaban J connectivity index is 2.04. The number of hydrogen-bond acceptors (Lipinski definition) is 4. The van der Waals surface area contributed by atoms with Crippen molar-refractivity contribution in [1.82, 2.24) is 5.32 Å². The minimum absolute atomic E-state index is 0.295. The summed E-state index contributed by atoms with van der Waals surface area (Å²) >= 11 is 0. The highest BCUT2D eigenvalue weighted by Gasteiger charge is 2.27. The molecule has 1 heterocycles. The number of nitrogens with one attached hydrogen (secondary N) is 1. The molecule has 0 aromatic rings. The molecule has 0 bridgehead atoms. The maximum atomic E-state index is 5.51. The van der Waals surface area contributed by atoms with Crippen molar-refractivity contribution in [2.75, 3.05) is 33.0 Å². The molecule has 1 fully saturated rings. The highest BCUT2D eigenvalue weighted by atomic mass is 16.7. The van der Waals surface area contributed by atoms with Crippen LogP contribution in [0.15, 0.2) is 0 Å². The van der Waals surface area contributed by atoms with Gasteiger partial charge in [0.25, 0.3) is 0 Å². The van der Waals surface area contributed by atoms with Crippen molar-refractivity contribution in [1.29, 1.82) is 0 Å². The van der Waals surface area contributed by atoms with E-state index in [-0.39, 0.29) is 0 Å². The highest BCUT2D eigenvalue weighted by molar-refractivity contribution is 4.72. The minimum atomic E-state index is -0.419. The monoisotopic (exact) mass is 203 g/mol. The van der Waals surface area contributed by atoms with E-state index in [0.717, 1.165) is 19.8 Å². The van der Waals surface area contributed by atoms with E-state index in [4.69, 9.17) is 14.2 Å². The Hall–Kier alpha value is -0.160. The van der Waals surface area contributed by atoms with Gasteiger partial charge in [-0.15, -0.1) is 0 Å². The standard InChI is InChI=1S/C10H21NO3/c1-4-12-6-5-11-9-7-13-10(2,3)14-8-9/h9,11H,4-8H2,1-3H3. The summed E-state index contributed by atoms with van der Waals surface area (Å²) in [6.45, 7) is 9.65. The fourth-order valence-corrected chi connectivity index (χ4v) is 1.29. The van der Waals surface area contributed by atoms with Crippen LogP contribution in [-0.2, 0) is 14.2 Å². The summed E-state index contributed by atoms with van der Waals surface area (Å²) in [5.74, 6) is -0.419. The van der Waals surface area contributed by atoms with Crippen molar-refractivity contribution >= 4 is 0 Å². The van der Waals surface area contributed by atoms with Crippen LogP contribution in [0.3, 0.4) is 0 Å². The first kappa shape index (κ1) is 11.9. The van der Waals surface area contributed by atoms with E-state index in [0.29, 0.717) is 19.3 Å². The zero-order valence-corrected chi connectivity index (χ0v) is 9.34. The molecular weight excluding hydrogens is 182 g/mol. The first-order valence-electron chi connectivity index (χ1n) is 5.23. The molecule has 1 rings (SSSR count). The molecule has 0 amide bonds. The Labute approximate surface area is 85.9 Å². The second kappa shape index (κ2) is 5.66. The Morgan fingerprint density at radius 1 is 1.36 bits per heavy atom. The third kappa shape index (κ3) is 4.37. The SMILES string of the molecule is CCOCCNC1COC(C)(C)OC1. The van der Waals surface area contributed by atoms with Gasteiger partial charge in [0.1, 0.15) is 0 Å². The molecule has 1 saturated heterocycles. The lowest BCUT2D eigenvalue weighted by Crippen LogP contribution is -2.49. The number of rotatable bonds is 5. The molecule has 0 unspecified atom stereocenters. The van der Waals surface area contributed by atoms with Gasteiger partial charge in [0, 0.05) is 13.2 Å². The van der Waals surface area contributed by atoms with Crippen molar-refractivity contribution < 1.29 is 14.2 Å². The lowest BCUT2D eigenvalue weighted by Gasteiger charge is -2.35. The lowest BCUT2D eigenvalue weighted by molar-refractivity contribution is -0.252. The molecule has 0 aromatic heterocycles. The molecule has 0 atom stereocenters. The Morgan fingerprint density at radius 2 is 2.00 bits per heavy atom. The Bertz CT molecular complexity index is 151. The first-order chi connectivity index (χ1) is 6.64. The average Bonchev–Trinajstić information content (AvgIpc) is 2.15. The van der Waals surface area contributed by atoms with Gasteiger partial charge in [0.2, 0.25) is 0 Å². The molecule has 1 aliphatic rings. The fourth-order valence-electron chi connectivity index (χ4n) is 1.29. The van der Waals surface area contributed by atoms with Crippen molar-refractivity contribution in [2.24, 2.45) is 0 Å². The van der Waals surface area contributed by atoms with Gasteiger partial charge >= 0.3 is 0 Å². The molecule has 1 aliphatic heterocycles. The zero-order valence-electron chi connectivity index (χ0n) is 9.34. The van der Waals surface area contributed by atoms with E-state index >= 15 is 0 Å². The van der Waals surface area contributed by atoms with E-state index in [1.54, 1.807) is 0 Å². The maximum absolute atomic E-state index is 5.51. The Kier molecular flexibility index (Phi) is 4.81. The van der Waals surface area contributed by atoms with Crippen LogP contribution >= 0.6 is 0 Å². The predicted molar refractivity (Wildman–Crippen MR) is 54.3 cm³/mol. The van der Waals surface area contributed by atoms with Gasteiger partial charge < -0.3 is 19.5 Å². The molecule has 0 aliphatic carbocycles. The van der Waals surface area contributed by atoms with Gasteiger partial charge in [-0.3, -0.25) is 0 Å². The van der Waals surface area contributed by atoms with Gasteiger partial charge in [0.15, 0.2) is 5.79 Å². The van der Waals surface area contributed by atoms with E-state index in [9.17, 15) is 0 Å². The zero-order chi connectivity index (χ0) is 10.4. The molecule has 0 aromatic carbocycles. The van der Waals surface area contributed by atoms with Gasteiger partial charge in [-0.05, 0) is 20.8 Å². The summed E-state index contributed by atoms with van der Waals surface area (Å²) in [6, 6.07) is 0.295. The van der Waals surface area contributed by atoms with Crippen LogP contribution in [0.4, 0.5) is 0 Å². The van der Waals surface area contributed by atoms with Gasteiger partial charge in [-0.2, -0.15) is 0 Å². The Morgan fingerprint density at radius 3 is 2.57 bits per heavy atom. The van der Waals surface area contributed by atoms with Crippen molar-refractivity contribution in [2.45, 2.75) is 32.6 Å². The molecule has 0 spiro atoms. The molecule has 1 N–H and O–H groups in total. The van der Waals surface area contributed by atoms with Crippen molar-refractivity contribution in [3.8, 4) is 0 Å². The summed E-state index contributed by atoms with van der Waals surface area (Å²) < 4.78 is 16.2. The van der Waals surface area contributed by atoms with E-state index < -0.39 is 5.79 Å². The molecule has 4 nitrogen and oxygen atoms in total. The van der Waals surface area contributed by atoms with Crippen LogP contribution in [0, 0.1) is 0 Å². The summed E-state index contributed by atoms with van der Waals surface area (Å²) in [6.07, 6.45) is 0. The molecule has 0 saturated carbocycles. The quantitative estimate of drug-likeness (QED) is 0.670. The van der Waals surface area contributed by atoms with Crippen LogP contribution in [0.1, 0.15) is 20.8 Å². The molecule has 0 radical (unpaired) electrons. The van der Waals surface area contributed by atoms with Crippen LogP contribution in [0.5, 0.6) is 0 Å². The minimum Gasteiger partial charge on any atom is -0.380 e. The predicted octanol–water partition coefficient (Wildman–Crippen LogP) is 0.764. The second-order valence-electron chi connectivity index (χ2n) is 3.87. The fraction of sp³-hybridized carbons (Fsp3) is 1.00. The van der Waals surface area contributed by atoms with Crippen molar-refractivity contribution in [3.63, 3.8) is 0 Å². The summed E-state index contributed by atoms with van der Waals surface area (Å²) in [5, 5.41) is 3.32. The normalized spacial score (nSPS) is 22.5. The van der Waals surface area contributed by atoms with Crippen LogP contribution in [0.2, 0.25) is 0 Å². The molecule has 14 heavy (non-hydrogen) atoms. The van der Waals surface area contributed by atoms with Crippen LogP contribution in [0.25, 0.3) is 0 Å². The van der Waals surface area contributed by atoms with Gasteiger partial charge in [-0.25, -0.2) is 0 Å². The van der Waals surface area contributed by atoms with E-state index in [1.807, 2.05) is 20.8 Å². The average molecular weight is 203 g/mol. The smallest absolute Gasteiger partial charge is 0.162 e. The number of ether oxygens (including phenoxy) is 3. The molecular formula is C10H21NO3. The third-order valence-electron chi connectivity index (χ3n) is 2.15. The topological polar surface area (TPSA) is 39.7 Å². The number of hydrogen-bond donors (Lipinski definition) is 1. The maximum Gasteiger partial charge on any atom is 0.162 e. The molecule has 4 heteroatoms. The largest absolute Gasteiger partial charge is 0.380 e. The van der Waals surface area contributed by atoms with Gasteiger partial charge in [-0.1, -0.05) is 0 Å². The second-order valence-corrected chi connectivity index (χ2v) is 3.87. The summed E-state index contributed by atoms with van der Waals surface area (Å²) in [4.78, 5) is 0. The van der Waals surface area contributed by atoms with Crippen LogP contribution < -0.4 is 5.32 Å². The van der Waals surface area contributed by atoms with Crippen molar-refractivity contribution in [3.05, 3.63) is 0 Å².